The van der Waals surface area contributed by atoms with E-state index in [1.165, 1.54) is 16.6 Å². The van der Waals surface area contributed by atoms with Gasteiger partial charge in [-0.15, -0.1) is 0 Å². The number of rotatable bonds is 8. The molecule has 172 valence electrons. The maximum absolute atomic E-state index is 12.8. The standard InChI is InChI=1S/C21H25BrN4O5S/c1-2-31-20-13-16(3-8-19(20)27)14-23-24-21(28)15-25-9-11-26(12-10-25)32(29,30)18-6-4-17(22)5-7-18/h3-8,13-14,27H,2,9-12,15H2,1H3,(H,24,28)/b23-14+. The van der Waals surface area contributed by atoms with Crippen LogP contribution in [0, 0.1) is 0 Å². The first-order valence-corrected chi connectivity index (χ1v) is 12.4. The summed E-state index contributed by atoms with van der Waals surface area (Å²) in [5.74, 6) is -0.243. The fraction of sp³-hybridized carbons (Fsp3) is 0.333. The number of hydrogen-bond donors (Lipinski definition) is 2. The summed E-state index contributed by atoms with van der Waals surface area (Å²) in [6.45, 7) is 4.09. The molecule has 0 saturated carbocycles. The average molecular weight is 525 g/mol. The Morgan fingerprint density at radius 3 is 2.59 bits per heavy atom. The molecule has 0 bridgehead atoms. The highest BCUT2D eigenvalue weighted by atomic mass is 79.9. The van der Waals surface area contributed by atoms with Gasteiger partial charge in [0, 0.05) is 4.47 Å². The number of quaternary nitrogens is 1. The zero-order valence-electron chi connectivity index (χ0n) is 17.6. The number of piperazine rings is 1. The molecular formula is C21H25BrN4O5S. The van der Waals surface area contributed by atoms with Crippen LogP contribution in [0.4, 0.5) is 0 Å². The van der Waals surface area contributed by atoms with Gasteiger partial charge in [-0.1, -0.05) is 33.8 Å². The fourth-order valence-electron chi connectivity index (χ4n) is 3.29. The van der Waals surface area contributed by atoms with Crippen molar-refractivity contribution in [2.75, 3.05) is 39.3 Å². The normalized spacial score (nSPS) is 15.7. The van der Waals surface area contributed by atoms with Crippen molar-refractivity contribution < 1.29 is 28.0 Å². The molecule has 9 nitrogen and oxygen atoms in total. The number of nitrogens with one attached hydrogen (secondary N) is 2. The maximum Gasteiger partial charge on any atom is 0.295 e. The number of halogens is 1. The van der Waals surface area contributed by atoms with E-state index in [1.807, 2.05) is 0 Å². The van der Waals surface area contributed by atoms with Crippen LogP contribution >= 0.6 is 15.9 Å². The molecule has 0 aliphatic carbocycles. The predicted octanol–water partition coefficient (Wildman–Crippen LogP) is -0.0391. The van der Waals surface area contributed by atoms with E-state index < -0.39 is 10.0 Å². The second-order valence-electron chi connectivity index (χ2n) is 7.22. The molecule has 2 N–H and O–H groups in total. The van der Waals surface area contributed by atoms with Crippen molar-refractivity contribution in [1.29, 1.82) is 0 Å². The minimum Gasteiger partial charge on any atom is -0.870 e. The Labute approximate surface area is 195 Å². The third kappa shape index (κ3) is 6.28. The lowest BCUT2D eigenvalue weighted by molar-refractivity contribution is -0.895. The number of nitrogens with zero attached hydrogens (tertiary/aromatic N) is 2. The lowest BCUT2D eigenvalue weighted by atomic mass is 10.2. The highest BCUT2D eigenvalue weighted by molar-refractivity contribution is 9.10. The van der Waals surface area contributed by atoms with Crippen LogP contribution in [0.5, 0.6) is 11.5 Å². The number of sulfonamides is 1. The summed E-state index contributed by atoms with van der Waals surface area (Å²) in [4.78, 5) is 13.4. The first kappa shape index (κ1) is 24.2. The molecule has 0 spiro atoms. The Hall–Kier alpha value is -2.47. The monoisotopic (exact) mass is 524 g/mol. The van der Waals surface area contributed by atoms with Gasteiger partial charge >= 0.3 is 0 Å². The first-order valence-electron chi connectivity index (χ1n) is 10.1. The van der Waals surface area contributed by atoms with Crippen molar-refractivity contribution in [3.05, 3.63) is 52.5 Å². The molecule has 1 aliphatic heterocycles. The topological polar surface area (TPSA) is 116 Å². The number of hydrogen-bond acceptors (Lipinski definition) is 6. The van der Waals surface area contributed by atoms with Crippen molar-refractivity contribution in [3.63, 3.8) is 0 Å². The lowest BCUT2D eigenvalue weighted by Crippen LogP contribution is -3.15. The molecule has 0 unspecified atom stereocenters. The number of ether oxygens (including phenoxy) is 1. The zero-order chi connectivity index (χ0) is 23.1. The molecule has 1 fully saturated rings. The van der Waals surface area contributed by atoms with Gasteiger partial charge in [-0.25, -0.2) is 13.8 Å². The largest absolute Gasteiger partial charge is 0.870 e. The molecule has 1 heterocycles. The van der Waals surface area contributed by atoms with Crippen LogP contribution < -0.4 is 20.2 Å². The van der Waals surface area contributed by atoms with E-state index in [0.29, 0.717) is 38.3 Å². The van der Waals surface area contributed by atoms with Crippen molar-refractivity contribution in [1.82, 2.24) is 9.73 Å². The van der Waals surface area contributed by atoms with E-state index in [-0.39, 0.29) is 28.8 Å². The van der Waals surface area contributed by atoms with E-state index in [4.69, 9.17) is 4.74 Å². The second-order valence-corrected chi connectivity index (χ2v) is 10.1. The van der Waals surface area contributed by atoms with Crippen molar-refractivity contribution in [2.24, 2.45) is 5.10 Å². The number of carbonyl (C=O) groups is 1. The zero-order valence-corrected chi connectivity index (χ0v) is 20.0. The Bertz CT molecular complexity index is 1070. The predicted molar refractivity (Wildman–Crippen MR) is 121 cm³/mol. The molecule has 0 atom stereocenters. The molecule has 2 aromatic carbocycles. The highest BCUT2D eigenvalue weighted by Crippen LogP contribution is 2.23. The van der Waals surface area contributed by atoms with Gasteiger partial charge in [-0.05, 0) is 42.8 Å². The summed E-state index contributed by atoms with van der Waals surface area (Å²) in [5, 5.41) is 15.6. The lowest BCUT2D eigenvalue weighted by Gasteiger charge is -2.31. The molecule has 1 amide bonds. The summed E-state index contributed by atoms with van der Waals surface area (Å²) < 4.78 is 33.1. The van der Waals surface area contributed by atoms with Gasteiger partial charge in [0.15, 0.2) is 6.54 Å². The summed E-state index contributed by atoms with van der Waals surface area (Å²) in [5.41, 5.74) is 3.10. The van der Waals surface area contributed by atoms with Crippen LogP contribution in [0.1, 0.15) is 12.5 Å². The summed E-state index contributed by atoms with van der Waals surface area (Å²) in [6, 6.07) is 11.1. The quantitative estimate of drug-likeness (QED) is 0.371. The number of benzene rings is 2. The molecule has 1 saturated heterocycles. The molecule has 2 aromatic rings. The second kappa shape index (κ2) is 10.9. The molecule has 0 aromatic heterocycles. The third-order valence-electron chi connectivity index (χ3n) is 4.96. The molecule has 11 heteroatoms. The molecule has 0 radical (unpaired) electrons. The van der Waals surface area contributed by atoms with Gasteiger partial charge in [0.1, 0.15) is 5.75 Å². The van der Waals surface area contributed by atoms with Crippen LogP contribution in [-0.2, 0) is 14.8 Å². The van der Waals surface area contributed by atoms with Crippen molar-refractivity contribution in [2.45, 2.75) is 11.8 Å². The highest BCUT2D eigenvalue weighted by Gasteiger charge is 2.31. The van der Waals surface area contributed by atoms with Gasteiger partial charge in [0.2, 0.25) is 10.0 Å². The van der Waals surface area contributed by atoms with Gasteiger partial charge in [0.25, 0.3) is 5.91 Å². The van der Waals surface area contributed by atoms with E-state index in [1.54, 1.807) is 43.3 Å². The molecule has 3 rings (SSSR count). The number of carbonyl (C=O) groups excluding carboxylic acids is 1. The number of hydrazone groups is 1. The van der Waals surface area contributed by atoms with Crippen LogP contribution in [0.25, 0.3) is 0 Å². The summed E-state index contributed by atoms with van der Waals surface area (Å²) >= 11 is 3.30. The average Bonchev–Trinajstić information content (AvgIpc) is 2.77. The van der Waals surface area contributed by atoms with Crippen molar-refractivity contribution in [3.8, 4) is 11.5 Å². The molecule has 1 aliphatic rings. The van der Waals surface area contributed by atoms with Crippen LogP contribution in [-0.4, -0.2) is 64.2 Å². The Kier molecular flexibility index (Phi) is 8.24. The van der Waals surface area contributed by atoms with Gasteiger partial charge < -0.3 is 14.7 Å². The van der Waals surface area contributed by atoms with E-state index in [2.05, 4.69) is 26.5 Å². The van der Waals surface area contributed by atoms with Gasteiger partial charge in [-0.2, -0.15) is 9.41 Å². The van der Waals surface area contributed by atoms with Crippen LogP contribution in [0.3, 0.4) is 0 Å². The Balaban J connectivity index is 1.48. The first-order chi connectivity index (χ1) is 15.3. The van der Waals surface area contributed by atoms with Gasteiger partial charge in [-0.3, -0.25) is 4.79 Å². The number of amides is 1. The van der Waals surface area contributed by atoms with Gasteiger partial charge in [0.05, 0.1) is 43.9 Å². The summed E-state index contributed by atoms with van der Waals surface area (Å²) in [7, 11) is -3.54. The third-order valence-corrected chi connectivity index (χ3v) is 7.40. The van der Waals surface area contributed by atoms with E-state index in [9.17, 15) is 18.3 Å². The van der Waals surface area contributed by atoms with Crippen LogP contribution in [0.15, 0.2) is 56.9 Å². The summed E-state index contributed by atoms with van der Waals surface area (Å²) in [6.07, 6.45) is 1.44. The Morgan fingerprint density at radius 2 is 1.94 bits per heavy atom. The molecular weight excluding hydrogens is 500 g/mol. The Morgan fingerprint density at radius 1 is 1.25 bits per heavy atom. The molecule has 32 heavy (non-hydrogen) atoms. The smallest absolute Gasteiger partial charge is 0.295 e. The fourth-order valence-corrected chi connectivity index (χ4v) is 5.00. The van der Waals surface area contributed by atoms with Crippen molar-refractivity contribution >= 4 is 38.1 Å². The van der Waals surface area contributed by atoms with Crippen LogP contribution in [0.2, 0.25) is 0 Å². The minimum absolute atomic E-state index is 0.188. The SMILES string of the molecule is CCOc1cc(/C=N/NC(=O)C[NH+]2CCN(S(=O)(=O)c3ccc(Br)cc3)CC2)ccc1[O-]. The minimum atomic E-state index is -3.54. The van der Waals surface area contributed by atoms with E-state index >= 15 is 0 Å². The van der Waals surface area contributed by atoms with E-state index in [0.717, 1.165) is 9.37 Å². The maximum atomic E-state index is 12.8.